The average Bonchev–Trinajstić information content (AvgIpc) is 3.26. The van der Waals surface area contributed by atoms with Crippen molar-refractivity contribution in [2.45, 2.75) is 31.0 Å². The number of nitro groups is 1. The molecule has 6 nitrogen and oxygen atoms in total. The molecular formula is C15H13F3N2O4. The Kier molecular flexibility index (Phi) is 4.04. The van der Waals surface area contributed by atoms with Gasteiger partial charge in [0.15, 0.2) is 0 Å². The second-order valence-electron chi connectivity index (χ2n) is 5.56. The van der Waals surface area contributed by atoms with E-state index in [0.717, 1.165) is 25.0 Å². The van der Waals surface area contributed by atoms with Gasteiger partial charge in [0.25, 0.3) is 5.69 Å². The average molecular weight is 342 g/mol. The van der Waals surface area contributed by atoms with Crippen LogP contribution in [0.3, 0.4) is 0 Å². The van der Waals surface area contributed by atoms with E-state index in [1.807, 2.05) is 0 Å². The van der Waals surface area contributed by atoms with E-state index in [1.54, 1.807) is 0 Å². The number of alkyl halides is 3. The Hall–Kier alpha value is -2.42. The first kappa shape index (κ1) is 16.4. The van der Waals surface area contributed by atoms with Gasteiger partial charge >= 0.3 is 6.18 Å². The Labute approximate surface area is 134 Å². The van der Waals surface area contributed by atoms with E-state index in [0.29, 0.717) is 17.4 Å². The maximum absolute atomic E-state index is 12.8. The van der Waals surface area contributed by atoms with Crippen LogP contribution in [-0.4, -0.2) is 17.2 Å². The lowest BCUT2D eigenvalue weighted by Crippen LogP contribution is -2.11. The summed E-state index contributed by atoms with van der Waals surface area (Å²) in [6.07, 6.45) is -2.37. The van der Waals surface area contributed by atoms with Crippen LogP contribution in [0.2, 0.25) is 0 Å². The highest BCUT2D eigenvalue weighted by Crippen LogP contribution is 2.45. The summed E-state index contributed by atoms with van der Waals surface area (Å²) in [6.45, 7) is 0. The highest BCUT2D eigenvalue weighted by molar-refractivity contribution is 5.49. The molecule has 2 aromatic rings. The quantitative estimate of drug-likeness (QED) is 0.601. The SMILES string of the molecule is COC(c1ccc(C(F)(F)F)cc1[N+](=O)[O-])c1cnoc1C1CC1. The zero-order valence-electron chi connectivity index (χ0n) is 12.5. The minimum Gasteiger partial charge on any atom is -0.372 e. The predicted octanol–water partition coefficient (Wildman–Crippen LogP) is 4.21. The molecule has 1 aromatic heterocycles. The zero-order chi connectivity index (χ0) is 17.5. The summed E-state index contributed by atoms with van der Waals surface area (Å²) in [4.78, 5) is 10.4. The molecule has 0 aliphatic heterocycles. The number of nitro benzene ring substituents is 1. The van der Waals surface area contributed by atoms with Crippen molar-refractivity contribution in [1.82, 2.24) is 5.16 Å². The molecule has 9 heteroatoms. The molecule has 0 spiro atoms. The van der Waals surface area contributed by atoms with Crippen molar-refractivity contribution in [1.29, 1.82) is 0 Å². The summed E-state index contributed by atoms with van der Waals surface area (Å²) in [5.41, 5.74) is -1.20. The Morgan fingerprint density at radius 1 is 1.38 bits per heavy atom. The molecular weight excluding hydrogens is 329 g/mol. The third-order valence-corrected chi connectivity index (χ3v) is 3.93. The van der Waals surface area contributed by atoms with E-state index < -0.39 is 28.5 Å². The number of nitrogens with zero attached hydrogens (tertiary/aromatic N) is 2. The monoisotopic (exact) mass is 342 g/mol. The van der Waals surface area contributed by atoms with Gasteiger partial charge in [0.2, 0.25) is 0 Å². The van der Waals surface area contributed by atoms with E-state index in [1.165, 1.54) is 13.3 Å². The summed E-state index contributed by atoms with van der Waals surface area (Å²) in [6, 6.07) is 2.39. The smallest absolute Gasteiger partial charge is 0.372 e. The van der Waals surface area contributed by atoms with Crippen LogP contribution >= 0.6 is 0 Å². The van der Waals surface area contributed by atoms with Gasteiger partial charge < -0.3 is 9.26 Å². The Balaban J connectivity index is 2.08. The first-order valence-corrected chi connectivity index (χ1v) is 7.15. The highest BCUT2D eigenvalue weighted by atomic mass is 19.4. The van der Waals surface area contributed by atoms with Crippen LogP contribution in [0, 0.1) is 10.1 Å². The second-order valence-corrected chi connectivity index (χ2v) is 5.56. The van der Waals surface area contributed by atoms with Crippen LogP contribution in [0.25, 0.3) is 0 Å². The fourth-order valence-corrected chi connectivity index (χ4v) is 2.63. The molecule has 0 saturated heterocycles. The maximum atomic E-state index is 12.8. The van der Waals surface area contributed by atoms with Gasteiger partial charge in [0.05, 0.1) is 22.2 Å². The lowest BCUT2D eigenvalue weighted by Gasteiger charge is -2.16. The second kappa shape index (κ2) is 5.90. The van der Waals surface area contributed by atoms with Crippen molar-refractivity contribution in [3.05, 3.63) is 57.0 Å². The lowest BCUT2D eigenvalue weighted by molar-refractivity contribution is -0.386. The fraction of sp³-hybridized carbons (Fsp3) is 0.400. The van der Waals surface area contributed by atoms with Gasteiger partial charge in [-0.1, -0.05) is 5.16 Å². The molecule has 1 atom stereocenters. The molecule has 1 heterocycles. The molecule has 0 amide bonds. The summed E-state index contributed by atoms with van der Waals surface area (Å²) in [5.74, 6) is 0.740. The van der Waals surface area contributed by atoms with Gasteiger partial charge in [0.1, 0.15) is 11.9 Å². The molecule has 1 aliphatic rings. The first-order valence-electron chi connectivity index (χ1n) is 7.15. The summed E-state index contributed by atoms with van der Waals surface area (Å²) < 4.78 is 49.0. The molecule has 0 radical (unpaired) electrons. The maximum Gasteiger partial charge on any atom is 0.416 e. The van der Waals surface area contributed by atoms with Crippen LogP contribution in [0.5, 0.6) is 0 Å². The van der Waals surface area contributed by atoms with Gasteiger partial charge in [0, 0.05) is 24.7 Å². The molecule has 1 fully saturated rings. The predicted molar refractivity (Wildman–Crippen MR) is 75.4 cm³/mol. The van der Waals surface area contributed by atoms with Crippen molar-refractivity contribution in [2.24, 2.45) is 0 Å². The Bertz CT molecular complexity index is 768. The number of benzene rings is 1. The van der Waals surface area contributed by atoms with Crippen molar-refractivity contribution < 1.29 is 27.4 Å². The molecule has 3 rings (SSSR count). The Morgan fingerprint density at radius 3 is 2.62 bits per heavy atom. The minimum atomic E-state index is -4.66. The van der Waals surface area contributed by atoms with E-state index in [2.05, 4.69) is 5.16 Å². The van der Waals surface area contributed by atoms with Crippen molar-refractivity contribution in [2.75, 3.05) is 7.11 Å². The lowest BCUT2D eigenvalue weighted by atomic mass is 9.97. The molecule has 1 saturated carbocycles. The molecule has 1 aromatic carbocycles. The first-order chi connectivity index (χ1) is 11.3. The number of aromatic nitrogens is 1. The third kappa shape index (κ3) is 2.99. The third-order valence-electron chi connectivity index (χ3n) is 3.93. The minimum absolute atomic E-state index is 0.0283. The zero-order valence-corrected chi connectivity index (χ0v) is 12.5. The van der Waals surface area contributed by atoms with Crippen LogP contribution in [0.15, 0.2) is 28.9 Å². The molecule has 1 unspecified atom stereocenters. The number of hydrogen-bond acceptors (Lipinski definition) is 5. The van der Waals surface area contributed by atoms with Crippen LogP contribution < -0.4 is 0 Å². The van der Waals surface area contributed by atoms with Crippen LogP contribution in [-0.2, 0) is 10.9 Å². The van der Waals surface area contributed by atoms with Gasteiger partial charge in [-0.25, -0.2) is 0 Å². The van der Waals surface area contributed by atoms with Crippen molar-refractivity contribution >= 4 is 5.69 Å². The number of ether oxygens (including phenoxy) is 1. The standard InChI is InChI=1S/C15H13F3N2O4/c1-23-14(11-7-19-24-13(11)8-2-3-8)10-5-4-9(15(16,17)18)6-12(10)20(21)22/h4-8,14H,2-3H2,1H3. The van der Waals surface area contributed by atoms with Gasteiger partial charge in [-0.2, -0.15) is 13.2 Å². The number of rotatable bonds is 5. The van der Waals surface area contributed by atoms with Crippen LogP contribution in [0.1, 0.15) is 47.3 Å². The summed E-state index contributed by atoms with van der Waals surface area (Å²) in [5, 5.41) is 15.0. The molecule has 0 bridgehead atoms. The van der Waals surface area contributed by atoms with Crippen molar-refractivity contribution in [3.8, 4) is 0 Å². The van der Waals surface area contributed by atoms with Gasteiger partial charge in [-0.05, 0) is 25.0 Å². The normalized spacial score (nSPS) is 16.2. The largest absolute Gasteiger partial charge is 0.416 e. The fourth-order valence-electron chi connectivity index (χ4n) is 2.63. The highest BCUT2D eigenvalue weighted by Gasteiger charge is 2.37. The van der Waals surface area contributed by atoms with E-state index in [-0.39, 0.29) is 11.5 Å². The number of halogens is 3. The molecule has 0 N–H and O–H groups in total. The number of methoxy groups -OCH3 is 1. The van der Waals surface area contributed by atoms with Crippen molar-refractivity contribution in [3.63, 3.8) is 0 Å². The van der Waals surface area contributed by atoms with E-state index in [9.17, 15) is 23.3 Å². The Morgan fingerprint density at radius 2 is 2.08 bits per heavy atom. The number of hydrogen-bond donors (Lipinski definition) is 0. The van der Waals surface area contributed by atoms with Gasteiger partial charge in [-0.15, -0.1) is 0 Å². The summed E-state index contributed by atoms with van der Waals surface area (Å²) >= 11 is 0. The molecule has 128 valence electrons. The van der Waals surface area contributed by atoms with E-state index >= 15 is 0 Å². The van der Waals surface area contributed by atoms with Gasteiger partial charge in [-0.3, -0.25) is 10.1 Å². The van der Waals surface area contributed by atoms with Crippen LogP contribution in [0.4, 0.5) is 18.9 Å². The molecule has 1 aliphatic carbocycles. The molecule has 24 heavy (non-hydrogen) atoms. The van der Waals surface area contributed by atoms with E-state index in [4.69, 9.17) is 9.26 Å². The topological polar surface area (TPSA) is 78.4 Å². The summed E-state index contributed by atoms with van der Waals surface area (Å²) in [7, 11) is 1.33.